The van der Waals surface area contributed by atoms with Crippen molar-refractivity contribution < 1.29 is 15.0 Å². The topological polar surface area (TPSA) is 87.4 Å². The van der Waals surface area contributed by atoms with E-state index in [9.17, 15) is 15.0 Å². The Labute approximate surface area is 97.1 Å². The largest absolute Gasteiger partial charge is 0.508 e. The highest BCUT2D eigenvalue weighted by molar-refractivity contribution is 6.04. The lowest BCUT2D eigenvalue weighted by Crippen LogP contribution is -2.14. The van der Waals surface area contributed by atoms with Crippen LogP contribution in [0, 0.1) is 0 Å². The van der Waals surface area contributed by atoms with Gasteiger partial charge in [0.15, 0.2) is 0 Å². The molecule has 0 aliphatic carbocycles. The zero-order valence-electron chi connectivity index (χ0n) is 9.08. The Kier molecular flexibility index (Phi) is 2.70. The number of benzene rings is 1. The summed E-state index contributed by atoms with van der Waals surface area (Å²) in [6.45, 7) is 0. The molecule has 0 fully saturated rings. The van der Waals surface area contributed by atoms with E-state index in [2.05, 4.69) is 10.4 Å². The first-order chi connectivity index (χ1) is 8.06. The molecule has 0 spiro atoms. The van der Waals surface area contributed by atoms with Crippen molar-refractivity contribution in [3.8, 4) is 11.5 Å². The molecule has 1 aromatic carbocycles. The summed E-state index contributed by atoms with van der Waals surface area (Å²) < 4.78 is 1.50. The molecule has 0 saturated heterocycles. The predicted molar refractivity (Wildman–Crippen MR) is 60.9 cm³/mol. The maximum Gasteiger partial charge on any atom is 0.257 e. The number of nitrogens with zero attached hydrogens (tertiary/aromatic N) is 2. The van der Waals surface area contributed by atoms with Crippen LogP contribution in [0.1, 0.15) is 10.4 Å². The zero-order chi connectivity index (χ0) is 12.4. The lowest BCUT2D eigenvalue weighted by atomic mass is 10.2. The van der Waals surface area contributed by atoms with Gasteiger partial charge in [-0.05, 0) is 12.1 Å². The number of aromatic hydroxyl groups is 2. The fourth-order valence-electron chi connectivity index (χ4n) is 1.41. The van der Waals surface area contributed by atoms with Crippen molar-refractivity contribution in [1.29, 1.82) is 0 Å². The van der Waals surface area contributed by atoms with Crippen LogP contribution in [-0.2, 0) is 7.05 Å². The molecule has 88 valence electrons. The Morgan fingerprint density at radius 2 is 1.94 bits per heavy atom. The lowest BCUT2D eigenvalue weighted by molar-refractivity contribution is 0.102. The van der Waals surface area contributed by atoms with Gasteiger partial charge < -0.3 is 15.5 Å². The molecular weight excluding hydrogens is 222 g/mol. The fourth-order valence-corrected chi connectivity index (χ4v) is 1.41. The van der Waals surface area contributed by atoms with Crippen LogP contribution in [0.3, 0.4) is 0 Å². The fraction of sp³-hybridized carbons (Fsp3) is 0.0909. The molecule has 6 nitrogen and oxygen atoms in total. The molecule has 0 aliphatic heterocycles. The summed E-state index contributed by atoms with van der Waals surface area (Å²) in [6.07, 6.45) is 1.55. The summed E-state index contributed by atoms with van der Waals surface area (Å²) in [7, 11) is 1.69. The number of phenols is 2. The lowest BCUT2D eigenvalue weighted by Gasteiger charge is -2.06. The number of hydrogen-bond donors (Lipinski definition) is 3. The highest BCUT2D eigenvalue weighted by Gasteiger charge is 2.10. The minimum absolute atomic E-state index is 0.167. The van der Waals surface area contributed by atoms with E-state index in [-0.39, 0.29) is 17.1 Å². The third kappa shape index (κ3) is 2.36. The van der Waals surface area contributed by atoms with Crippen LogP contribution >= 0.6 is 0 Å². The quantitative estimate of drug-likeness (QED) is 0.724. The SMILES string of the molecule is Cn1nccc1NC(=O)c1cc(O)cc(O)c1. The zero-order valence-corrected chi connectivity index (χ0v) is 9.08. The Balaban J connectivity index is 2.23. The third-order valence-electron chi connectivity index (χ3n) is 2.23. The van der Waals surface area contributed by atoms with Crippen LogP contribution < -0.4 is 5.32 Å². The summed E-state index contributed by atoms with van der Waals surface area (Å²) in [5.41, 5.74) is 0.170. The van der Waals surface area contributed by atoms with Crippen LogP contribution in [0.15, 0.2) is 30.5 Å². The number of carbonyl (C=O) groups excluding carboxylic acids is 1. The summed E-state index contributed by atoms with van der Waals surface area (Å²) in [5, 5.41) is 25.0. The Morgan fingerprint density at radius 1 is 1.29 bits per heavy atom. The summed E-state index contributed by atoms with van der Waals surface area (Å²) in [5.74, 6) is -0.238. The van der Waals surface area contributed by atoms with E-state index in [1.807, 2.05) is 0 Å². The van der Waals surface area contributed by atoms with E-state index in [4.69, 9.17) is 0 Å². The monoisotopic (exact) mass is 233 g/mol. The van der Waals surface area contributed by atoms with E-state index in [1.165, 1.54) is 16.8 Å². The van der Waals surface area contributed by atoms with Gasteiger partial charge in [-0.2, -0.15) is 5.10 Å². The number of nitrogens with one attached hydrogen (secondary N) is 1. The molecule has 0 aliphatic rings. The molecule has 1 heterocycles. The second-order valence-corrected chi connectivity index (χ2v) is 3.53. The molecule has 0 radical (unpaired) electrons. The third-order valence-corrected chi connectivity index (χ3v) is 2.23. The summed E-state index contributed by atoms with van der Waals surface area (Å²) >= 11 is 0. The van der Waals surface area contributed by atoms with Crippen molar-refractivity contribution in [3.63, 3.8) is 0 Å². The van der Waals surface area contributed by atoms with Crippen molar-refractivity contribution in [2.45, 2.75) is 0 Å². The molecule has 2 aromatic rings. The smallest absolute Gasteiger partial charge is 0.257 e. The number of aromatic nitrogens is 2. The molecule has 1 amide bonds. The van der Waals surface area contributed by atoms with Crippen molar-refractivity contribution in [2.24, 2.45) is 7.05 Å². The first kappa shape index (κ1) is 11.0. The van der Waals surface area contributed by atoms with Gasteiger partial charge in [-0.25, -0.2) is 0 Å². The van der Waals surface area contributed by atoms with E-state index >= 15 is 0 Å². The van der Waals surface area contributed by atoms with E-state index < -0.39 is 5.91 Å². The van der Waals surface area contributed by atoms with Gasteiger partial charge in [0, 0.05) is 24.7 Å². The van der Waals surface area contributed by atoms with E-state index in [0.717, 1.165) is 6.07 Å². The van der Waals surface area contributed by atoms with Crippen LogP contribution in [0.2, 0.25) is 0 Å². The van der Waals surface area contributed by atoms with Crippen molar-refractivity contribution in [3.05, 3.63) is 36.0 Å². The minimum atomic E-state index is -0.431. The van der Waals surface area contributed by atoms with Gasteiger partial charge in [-0.3, -0.25) is 9.48 Å². The molecule has 17 heavy (non-hydrogen) atoms. The first-order valence-electron chi connectivity index (χ1n) is 4.88. The molecule has 0 bridgehead atoms. The standard InChI is InChI=1S/C11H11N3O3/c1-14-10(2-3-12-14)13-11(17)7-4-8(15)6-9(16)5-7/h2-6,15-16H,1H3,(H,13,17). The molecule has 3 N–H and O–H groups in total. The second kappa shape index (κ2) is 4.17. The molecule has 1 aromatic heterocycles. The van der Waals surface area contributed by atoms with Gasteiger partial charge in [0.2, 0.25) is 0 Å². The van der Waals surface area contributed by atoms with E-state index in [1.54, 1.807) is 19.3 Å². The predicted octanol–water partition coefficient (Wildman–Crippen LogP) is 1.08. The number of aryl methyl sites for hydroxylation is 1. The van der Waals surface area contributed by atoms with Gasteiger partial charge in [0.1, 0.15) is 17.3 Å². The number of carbonyl (C=O) groups is 1. The minimum Gasteiger partial charge on any atom is -0.508 e. The van der Waals surface area contributed by atoms with Crippen molar-refractivity contribution in [1.82, 2.24) is 9.78 Å². The molecular formula is C11H11N3O3. The highest BCUT2D eigenvalue weighted by atomic mass is 16.3. The van der Waals surface area contributed by atoms with Gasteiger partial charge in [-0.1, -0.05) is 0 Å². The first-order valence-corrected chi connectivity index (χ1v) is 4.88. The maximum absolute atomic E-state index is 11.8. The van der Waals surface area contributed by atoms with Crippen LogP contribution in [-0.4, -0.2) is 25.9 Å². The summed E-state index contributed by atoms with van der Waals surface area (Å²) in [4.78, 5) is 11.8. The molecule has 6 heteroatoms. The van der Waals surface area contributed by atoms with E-state index in [0.29, 0.717) is 5.82 Å². The molecule has 2 rings (SSSR count). The number of hydrogen-bond acceptors (Lipinski definition) is 4. The molecule has 0 unspecified atom stereocenters. The van der Waals surface area contributed by atoms with Crippen molar-refractivity contribution in [2.75, 3.05) is 5.32 Å². The number of phenolic OH excluding ortho intramolecular Hbond substituents is 2. The van der Waals surface area contributed by atoms with Crippen molar-refractivity contribution >= 4 is 11.7 Å². The van der Waals surface area contributed by atoms with Crippen LogP contribution in [0.4, 0.5) is 5.82 Å². The van der Waals surface area contributed by atoms with Gasteiger partial charge in [-0.15, -0.1) is 0 Å². The second-order valence-electron chi connectivity index (χ2n) is 3.53. The molecule has 0 saturated carbocycles. The van der Waals surface area contributed by atoms with Crippen LogP contribution in [0.25, 0.3) is 0 Å². The summed E-state index contributed by atoms with van der Waals surface area (Å²) in [6, 6.07) is 5.33. The Hall–Kier alpha value is -2.50. The number of rotatable bonds is 2. The maximum atomic E-state index is 11.8. The number of amides is 1. The molecule has 0 atom stereocenters. The average molecular weight is 233 g/mol. The average Bonchev–Trinajstić information content (AvgIpc) is 2.63. The number of anilines is 1. The Bertz CT molecular complexity index is 543. The van der Waals surface area contributed by atoms with Gasteiger partial charge in [0.25, 0.3) is 5.91 Å². The highest BCUT2D eigenvalue weighted by Crippen LogP contribution is 2.21. The van der Waals surface area contributed by atoms with Gasteiger partial charge >= 0.3 is 0 Å². The Morgan fingerprint density at radius 3 is 2.47 bits per heavy atom. The van der Waals surface area contributed by atoms with Crippen LogP contribution in [0.5, 0.6) is 11.5 Å². The van der Waals surface area contributed by atoms with Gasteiger partial charge in [0.05, 0.1) is 6.20 Å². The normalized spacial score (nSPS) is 10.2.